The highest BCUT2D eigenvalue weighted by Gasteiger charge is 2.38. The summed E-state index contributed by atoms with van der Waals surface area (Å²) in [6.45, 7) is 2.10. The van der Waals surface area contributed by atoms with Crippen LogP contribution < -0.4 is 5.73 Å². The number of nitrogens with two attached hydrogens (primary N) is 1. The van der Waals surface area contributed by atoms with Gasteiger partial charge in [-0.05, 0) is 56.3 Å². The molecule has 1 heterocycles. The van der Waals surface area contributed by atoms with Crippen LogP contribution >= 0.6 is 0 Å². The summed E-state index contributed by atoms with van der Waals surface area (Å²) in [4.78, 5) is 14.5. The molecule has 0 aromatic heterocycles. The van der Waals surface area contributed by atoms with E-state index in [1.165, 1.54) is 19.3 Å². The lowest BCUT2D eigenvalue weighted by molar-refractivity contribution is -0.131. The number of likely N-dealkylation sites (tertiary alicyclic amines) is 1. The molecule has 0 spiro atoms. The van der Waals surface area contributed by atoms with Crippen LogP contribution in [0.5, 0.6) is 0 Å². The van der Waals surface area contributed by atoms with Crippen molar-refractivity contribution in [2.24, 2.45) is 23.5 Å². The van der Waals surface area contributed by atoms with E-state index in [-0.39, 0.29) is 0 Å². The van der Waals surface area contributed by atoms with Gasteiger partial charge in [-0.2, -0.15) is 0 Å². The average molecular weight is 250 g/mol. The van der Waals surface area contributed by atoms with Crippen molar-refractivity contribution in [3.8, 4) is 0 Å². The highest BCUT2D eigenvalue weighted by atomic mass is 16.2. The van der Waals surface area contributed by atoms with E-state index in [1.807, 2.05) is 0 Å². The minimum absolute atomic E-state index is 0.391. The SMILES string of the molecule is NC1CCC(CC(=O)N2CC3CCCC3C2)CC1. The molecule has 2 saturated carbocycles. The number of hydrogen-bond donors (Lipinski definition) is 1. The van der Waals surface area contributed by atoms with Crippen molar-refractivity contribution in [2.75, 3.05) is 13.1 Å². The van der Waals surface area contributed by atoms with Crippen LogP contribution in [0.1, 0.15) is 51.4 Å². The molecule has 1 aliphatic heterocycles. The van der Waals surface area contributed by atoms with Crippen molar-refractivity contribution in [1.82, 2.24) is 4.90 Å². The van der Waals surface area contributed by atoms with Crippen molar-refractivity contribution < 1.29 is 4.79 Å². The summed E-state index contributed by atoms with van der Waals surface area (Å²) < 4.78 is 0. The third-order valence-corrected chi connectivity index (χ3v) is 5.43. The fraction of sp³-hybridized carbons (Fsp3) is 0.933. The lowest BCUT2D eigenvalue weighted by Crippen LogP contribution is -2.33. The summed E-state index contributed by atoms with van der Waals surface area (Å²) >= 11 is 0. The zero-order valence-corrected chi connectivity index (χ0v) is 11.3. The van der Waals surface area contributed by atoms with Crippen molar-refractivity contribution in [1.29, 1.82) is 0 Å². The van der Waals surface area contributed by atoms with Gasteiger partial charge in [-0.1, -0.05) is 6.42 Å². The topological polar surface area (TPSA) is 46.3 Å². The first-order valence-corrected chi connectivity index (χ1v) is 7.75. The average Bonchev–Trinajstić information content (AvgIpc) is 2.92. The highest BCUT2D eigenvalue weighted by Crippen LogP contribution is 2.38. The standard InChI is InChI=1S/C15H26N2O/c16-14-6-4-11(5-7-14)8-15(18)17-9-12-2-1-3-13(12)10-17/h11-14H,1-10,16H2. The first-order chi connectivity index (χ1) is 8.72. The van der Waals surface area contributed by atoms with Crippen LogP contribution in [0.25, 0.3) is 0 Å². The van der Waals surface area contributed by atoms with Crippen molar-refractivity contribution in [2.45, 2.75) is 57.4 Å². The molecule has 102 valence electrons. The zero-order chi connectivity index (χ0) is 12.5. The van der Waals surface area contributed by atoms with E-state index in [0.717, 1.165) is 57.0 Å². The van der Waals surface area contributed by atoms with Crippen LogP contribution in [-0.2, 0) is 4.79 Å². The lowest BCUT2D eigenvalue weighted by atomic mass is 9.84. The molecule has 0 aromatic rings. The van der Waals surface area contributed by atoms with E-state index in [9.17, 15) is 4.79 Å². The molecule has 3 nitrogen and oxygen atoms in total. The summed E-state index contributed by atoms with van der Waals surface area (Å²) in [5.74, 6) is 2.69. The molecule has 2 atom stereocenters. The van der Waals surface area contributed by atoms with E-state index in [1.54, 1.807) is 0 Å². The van der Waals surface area contributed by atoms with E-state index in [0.29, 0.717) is 17.9 Å². The van der Waals surface area contributed by atoms with Gasteiger partial charge in [0.1, 0.15) is 0 Å². The van der Waals surface area contributed by atoms with Gasteiger partial charge in [0.15, 0.2) is 0 Å². The maximum Gasteiger partial charge on any atom is 0.222 e. The summed E-state index contributed by atoms with van der Waals surface area (Å²) in [6, 6.07) is 0.391. The van der Waals surface area contributed by atoms with Crippen LogP contribution in [0.15, 0.2) is 0 Å². The molecule has 2 aliphatic carbocycles. The fourth-order valence-electron chi connectivity index (χ4n) is 4.21. The maximum absolute atomic E-state index is 12.3. The maximum atomic E-state index is 12.3. The number of rotatable bonds is 2. The lowest BCUT2D eigenvalue weighted by Gasteiger charge is -2.27. The Kier molecular flexibility index (Phi) is 3.60. The molecule has 3 aliphatic rings. The van der Waals surface area contributed by atoms with Gasteiger partial charge in [-0.25, -0.2) is 0 Å². The molecule has 18 heavy (non-hydrogen) atoms. The Bertz CT molecular complexity index is 298. The molecule has 3 fully saturated rings. The number of amides is 1. The number of carbonyl (C=O) groups excluding carboxylic acids is 1. The minimum Gasteiger partial charge on any atom is -0.342 e. The third-order valence-electron chi connectivity index (χ3n) is 5.43. The van der Waals surface area contributed by atoms with Gasteiger partial charge in [0, 0.05) is 25.6 Å². The summed E-state index contributed by atoms with van der Waals surface area (Å²) in [5.41, 5.74) is 5.92. The summed E-state index contributed by atoms with van der Waals surface area (Å²) in [7, 11) is 0. The van der Waals surface area contributed by atoms with Gasteiger partial charge in [-0.3, -0.25) is 4.79 Å². The first-order valence-electron chi connectivity index (χ1n) is 7.75. The molecular formula is C15H26N2O. The molecular weight excluding hydrogens is 224 g/mol. The van der Waals surface area contributed by atoms with Gasteiger partial charge < -0.3 is 10.6 Å². The smallest absolute Gasteiger partial charge is 0.222 e. The second-order valence-electron chi connectivity index (χ2n) is 6.73. The van der Waals surface area contributed by atoms with Crippen molar-refractivity contribution in [3.05, 3.63) is 0 Å². The first kappa shape index (κ1) is 12.5. The predicted octanol–water partition coefficient (Wildman–Crippen LogP) is 2.15. The van der Waals surface area contributed by atoms with Crippen molar-refractivity contribution in [3.63, 3.8) is 0 Å². The molecule has 2 unspecified atom stereocenters. The predicted molar refractivity (Wildman–Crippen MR) is 72.0 cm³/mol. The molecule has 0 aromatic carbocycles. The highest BCUT2D eigenvalue weighted by molar-refractivity contribution is 5.76. The number of fused-ring (bicyclic) bond motifs is 1. The Morgan fingerprint density at radius 3 is 2.22 bits per heavy atom. The Hall–Kier alpha value is -0.570. The Balaban J connectivity index is 1.47. The van der Waals surface area contributed by atoms with E-state index < -0.39 is 0 Å². The van der Waals surface area contributed by atoms with Crippen LogP contribution in [0.2, 0.25) is 0 Å². The van der Waals surface area contributed by atoms with Gasteiger partial charge >= 0.3 is 0 Å². The van der Waals surface area contributed by atoms with E-state index >= 15 is 0 Å². The van der Waals surface area contributed by atoms with Crippen molar-refractivity contribution >= 4 is 5.91 Å². The van der Waals surface area contributed by atoms with E-state index in [2.05, 4.69) is 4.90 Å². The van der Waals surface area contributed by atoms with Crippen LogP contribution in [0.3, 0.4) is 0 Å². The van der Waals surface area contributed by atoms with Crippen LogP contribution in [-0.4, -0.2) is 29.9 Å². The van der Waals surface area contributed by atoms with Crippen LogP contribution in [0, 0.1) is 17.8 Å². The minimum atomic E-state index is 0.391. The van der Waals surface area contributed by atoms with Gasteiger partial charge in [0.25, 0.3) is 0 Å². The molecule has 3 heteroatoms. The molecule has 2 N–H and O–H groups in total. The number of hydrogen-bond acceptors (Lipinski definition) is 2. The van der Waals surface area contributed by atoms with Gasteiger partial charge in [-0.15, -0.1) is 0 Å². The second kappa shape index (κ2) is 5.20. The molecule has 1 amide bonds. The van der Waals surface area contributed by atoms with Gasteiger partial charge in [0.05, 0.1) is 0 Å². The fourth-order valence-corrected chi connectivity index (χ4v) is 4.21. The van der Waals surface area contributed by atoms with Crippen LogP contribution in [0.4, 0.5) is 0 Å². The molecule has 1 saturated heterocycles. The molecule has 0 bridgehead atoms. The monoisotopic (exact) mass is 250 g/mol. The largest absolute Gasteiger partial charge is 0.342 e. The quantitative estimate of drug-likeness (QED) is 0.816. The van der Waals surface area contributed by atoms with Gasteiger partial charge in [0.2, 0.25) is 5.91 Å². The van der Waals surface area contributed by atoms with E-state index in [4.69, 9.17) is 5.73 Å². The second-order valence-corrected chi connectivity index (χ2v) is 6.73. The summed E-state index contributed by atoms with van der Waals surface area (Å²) in [5, 5.41) is 0. The normalized spacial score (nSPS) is 39.9. The zero-order valence-electron chi connectivity index (χ0n) is 11.3. The Labute approximate surface area is 110 Å². The number of carbonyl (C=O) groups is 1. The summed E-state index contributed by atoms with van der Waals surface area (Å²) in [6.07, 6.45) is 9.43. The Morgan fingerprint density at radius 1 is 1.00 bits per heavy atom. The Morgan fingerprint density at radius 2 is 1.61 bits per heavy atom. The third kappa shape index (κ3) is 2.56. The molecule has 0 radical (unpaired) electrons. The number of nitrogens with zero attached hydrogens (tertiary/aromatic N) is 1. The molecule has 3 rings (SSSR count).